The molecule has 5 heteroatoms. The van der Waals surface area contributed by atoms with E-state index < -0.39 is 12.0 Å². The number of nitrogens with zero attached hydrogens (tertiary/aromatic N) is 2. The van der Waals surface area contributed by atoms with Gasteiger partial charge in [-0.3, -0.25) is 0 Å². The fourth-order valence-electron chi connectivity index (χ4n) is 2.42. The van der Waals surface area contributed by atoms with Gasteiger partial charge in [0.05, 0.1) is 0 Å². The Morgan fingerprint density at radius 1 is 1.44 bits per heavy atom. The van der Waals surface area contributed by atoms with Crippen molar-refractivity contribution in [2.45, 2.75) is 58.0 Å². The number of hydrogen-bond acceptors (Lipinski definition) is 2. The molecule has 1 rings (SSSR count). The van der Waals surface area contributed by atoms with Crippen LogP contribution in [0.5, 0.6) is 0 Å². The van der Waals surface area contributed by atoms with E-state index in [9.17, 15) is 9.59 Å². The summed E-state index contributed by atoms with van der Waals surface area (Å²) in [6.45, 7) is 4.63. The van der Waals surface area contributed by atoms with Crippen LogP contribution in [0, 0.1) is 0 Å². The first-order valence-corrected chi connectivity index (χ1v) is 6.75. The van der Waals surface area contributed by atoms with Crippen molar-refractivity contribution in [2.24, 2.45) is 0 Å². The molecule has 1 aliphatic heterocycles. The van der Waals surface area contributed by atoms with Crippen molar-refractivity contribution in [3.05, 3.63) is 0 Å². The Labute approximate surface area is 109 Å². The van der Waals surface area contributed by atoms with Gasteiger partial charge < -0.3 is 14.9 Å². The first kappa shape index (κ1) is 14.8. The maximum atomic E-state index is 12.3. The molecule has 1 fully saturated rings. The number of urea groups is 1. The lowest BCUT2D eigenvalue weighted by atomic mass is 10.0. The number of likely N-dealkylation sites (tertiary alicyclic amines) is 1. The zero-order valence-corrected chi connectivity index (χ0v) is 11.6. The smallest absolute Gasteiger partial charge is 0.326 e. The highest BCUT2D eigenvalue weighted by molar-refractivity contribution is 5.83. The summed E-state index contributed by atoms with van der Waals surface area (Å²) in [6.07, 6.45) is 4.30. The molecule has 18 heavy (non-hydrogen) atoms. The van der Waals surface area contributed by atoms with E-state index in [4.69, 9.17) is 5.11 Å². The van der Waals surface area contributed by atoms with Gasteiger partial charge in [-0.05, 0) is 32.6 Å². The summed E-state index contributed by atoms with van der Waals surface area (Å²) < 4.78 is 0. The third-order valence-electron chi connectivity index (χ3n) is 3.70. The molecule has 0 radical (unpaired) electrons. The van der Waals surface area contributed by atoms with E-state index in [0.29, 0.717) is 13.0 Å². The number of aliphatic carboxylic acids is 1. The molecule has 1 aliphatic rings. The third kappa shape index (κ3) is 3.37. The van der Waals surface area contributed by atoms with Crippen molar-refractivity contribution in [3.8, 4) is 0 Å². The minimum Gasteiger partial charge on any atom is -0.480 e. The largest absolute Gasteiger partial charge is 0.480 e. The van der Waals surface area contributed by atoms with E-state index in [2.05, 4.69) is 6.92 Å². The zero-order chi connectivity index (χ0) is 13.7. The molecule has 104 valence electrons. The molecule has 0 aliphatic carbocycles. The van der Waals surface area contributed by atoms with Gasteiger partial charge >= 0.3 is 12.0 Å². The third-order valence-corrected chi connectivity index (χ3v) is 3.70. The molecule has 5 nitrogen and oxygen atoms in total. The van der Waals surface area contributed by atoms with Crippen molar-refractivity contribution in [1.29, 1.82) is 0 Å². The lowest BCUT2D eigenvalue weighted by Gasteiger charge is -2.37. The summed E-state index contributed by atoms with van der Waals surface area (Å²) in [4.78, 5) is 26.7. The van der Waals surface area contributed by atoms with E-state index in [0.717, 1.165) is 25.7 Å². The summed E-state index contributed by atoms with van der Waals surface area (Å²) in [5, 5.41) is 9.17. The molecule has 0 saturated carbocycles. The number of carbonyl (C=O) groups excluding carboxylic acids is 1. The fraction of sp³-hybridized carbons (Fsp3) is 0.846. The molecule has 1 N–H and O–H groups in total. The molecule has 1 saturated heterocycles. The number of carboxylic acid groups (broad SMARTS) is 1. The minimum absolute atomic E-state index is 0.150. The van der Waals surface area contributed by atoms with E-state index >= 15 is 0 Å². The van der Waals surface area contributed by atoms with Crippen molar-refractivity contribution in [3.63, 3.8) is 0 Å². The highest BCUT2D eigenvalue weighted by Gasteiger charge is 2.34. The van der Waals surface area contributed by atoms with E-state index in [1.165, 1.54) is 4.90 Å². The Morgan fingerprint density at radius 3 is 2.67 bits per heavy atom. The molecular weight excluding hydrogens is 232 g/mol. The molecular formula is C13H24N2O3. The number of carboxylic acids is 1. The van der Waals surface area contributed by atoms with Crippen LogP contribution in [-0.4, -0.2) is 52.6 Å². The molecule has 2 atom stereocenters. The monoisotopic (exact) mass is 256 g/mol. The maximum Gasteiger partial charge on any atom is 0.326 e. The molecule has 0 aromatic rings. The van der Waals surface area contributed by atoms with Gasteiger partial charge in [0.25, 0.3) is 0 Å². The number of hydrogen-bond donors (Lipinski definition) is 1. The topological polar surface area (TPSA) is 60.9 Å². The first-order valence-electron chi connectivity index (χ1n) is 6.75. The summed E-state index contributed by atoms with van der Waals surface area (Å²) in [6, 6.07) is -0.649. The lowest BCUT2D eigenvalue weighted by molar-refractivity contribution is -0.143. The molecule has 1 heterocycles. The first-order chi connectivity index (χ1) is 8.49. The Morgan fingerprint density at radius 2 is 2.11 bits per heavy atom. The summed E-state index contributed by atoms with van der Waals surface area (Å²) in [5.41, 5.74) is 0. The van der Waals surface area contributed by atoms with Crippen LogP contribution in [0.25, 0.3) is 0 Å². The Kier molecular flexibility index (Phi) is 5.44. The SMILES string of the molecule is CCCC(C)N(C)C(=O)N1CCCCC1C(=O)O. The second-order valence-electron chi connectivity index (χ2n) is 5.07. The average Bonchev–Trinajstić information content (AvgIpc) is 2.37. The lowest BCUT2D eigenvalue weighted by Crippen LogP contribution is -2.53. The number of piperidine rings is 1. The van der Waals surface area contributed by atoms with Gasteiger partial charge in [0, 0.05) is 19.6 Å². The predicted molar refractivity (Wildman–Crippen MR) is 69.5 cm³/mol. The van der Waals surface area contributed by atoms with Crippen LogP contribution in [-0.2, 0) is 4.79 Å². The maximum absolute atomic E-state index is 12.3. The molecule has 0 spiro atoms. The van der Waals surface area contributed by atoms with E-state index in [-0.39, 0.29) is 12.1 Å². The highest BCUT2D eigenvalue weighted by atomic mass is 16.4. The average molecular weight is 256 g/mol. The van der Waals surface area contributed by atoms with Gasteiger partial charge in [-0.2, -0.15) is 0 Å². The number of rotatable bonds is 4. The standard InChI is InChI=1S/C13H24N2O3/c1-4-7-10(2)14(3)13(18)15-9-6-5-8-11(15)12(16)17/h10-11H,4-9H2,1-3H3,(H,16,17). The van der Waals surface area contributed by atoms with E-state index in [1.807, 2.05) is 6.92 Å². The van der Waals surface area contributed by atoms with Gasteiger partial charge in [-0.25, -0.2) is 9.59 Å². The molecule has 2 unspecified atom stereocenters. The molecule has 2 amide bonds. The molecule has 0 aromatic heterocycles. The van der Waals surface area contributed by atoms with Crippen LogP contribution in [0.1, 0.15) is 46.0 Å². The zero-order valence-electron chi connectivity index (χ0n) is 11.6. The second-order valence-corrected chi connectivity index (χ2v) is 5.07. The van der Waals surface area contributed by atoms with Crippen LogP contribution >= 0.6 is 0 Å². The van der Waals surface area contributed by atoms with Crippen molar-refractivity contribution in [1.82, 2.24) is 9.80 Å². The van der Waals surface area contributed by atoms with Crippen LogP contribution in [0.15, 0.2) is 0 Å². The van der Waals surface area contributed by atoms with Crippen LogP contribution < -0.4 is 0 Å². The molecule has 0 aromatic carbocycles. The number of amides is 2. The summed E-state index contributed by atoms with van der Waals surface area (Å²) in [7, 11) is 1.76. The molecule has 0 bridgehead atoms. The van der Waals surface area contributed by atoms with Gasteiger partial charge in [0.15, 0.2) is 0 Å². The van der Waals surface area contributed by atoms with Gasteiger partial charge in [0.1, 0.15) is 6.04 Å². The van der Waals surface area contributed by atoms with Gasteiger partial charge in [-0.15, -0.1) is 0 Å². The minimum atomic E-state index is -0.889. The second kappa shape index (κ2) is 6.61. The van der Waals surface area contributed by atoms with Crippen molar-refractivity contribution >= 4 is 12.0 Å². The summed E-state index contributed by atoms with van der Waals surface area (Å²) in [5.74, 6) is -0.889. The fourth-order valence-corrected chi connectivity index (χ4v) is 2.42. The predicted octanol–water partition coefficient (Wildman–Crippen LogP) is 2.17. The Balaban J connectivity index is 2.70. The van der Waals surface area contributed by atoms with Crippen molar-refractivity contribution in [2.75, 3.05) is 13.6 Å². The van der Waals surface area contributed by atoms with Crippen LogP contribution in [0.4, 0.5) is 4.79 Å². The van der Waals surface area contributed by atoms with Gasteiger partial charge in [0.2, 0.25) is 0 Å². The van der Waals surface area contributed by atoms with Gasteiger partial charge in [-0.1, -0.05) is 13.3 Å². The number of carbonyl (C=O) groups is 2. The normalized spacial score (nSPS) is 21.5. The van der Waals surface area contributed by atoms with Crippen molar-refractivity contribution < 1.29 is 14.7 Å². The van der Waals surface area contributed by atoms with Crippen LogP contribution in [0.2, 0.25) is 0 Å². The van der Waals surface area contributed by atoms with E-state index in [1.54, 1.807) is 11.9 Å². The Hall–Kier alpha value is -1.26. The Bertz CT molecular complexity index is 307. The van der Waals surface area contributed by atoms with Crippen LogP contribution in [0.3, 0.4) is 0 Å². The quantitative estimate of drug-likeness (QED) is 0.838. The highest BCUT2D eigenvalue weighted by Crippen LogP contribution is 2.20. The summed E-state index contributed by atoms with van der Waals surface area (Å²) >= 11 is 0.